The zero-order chi connectivity index (χ0) is 15.2. The van der Waals surface area contributed by atoms with Crippen molar-refractivity contribution in [2.75, 3.05) is 18.2 Å². The first kappa shape index (κ1) is 14.6. The fraction of sp³-hybridized carbons (Fsp3) is 0.0625. The number of nitrogens with two attached hydrogens (primary N) is 1. The maximum Gasteiger partial charge on any atom is 0.248 e. The van der Waals surface area contributed by atoms with E-state index in [1.807, 2.05) is 6.07 Å². The van der Waals surface area contributed by atoms with Crippen LogP contribution in [0, 0.1) is 5.82 Å². The van der Waals surface area contributed by atoms with Crippen LogP contribution in [0.2, 0.25) is 0 Å². The molecule has 108 valence electrons. The predicted octanol–water partition coefficient (Wildman–Crippen LogP) is 3.07. The van der Waals surface area contributed by atoms with Crippen LogP contribution in [-0.4, -0.2) is 13.0 Å². The first-order valence-electron chi connectivity index (χ1n) is 6.26. The summed E-state index contributed by atoms with van der Waals surface area (Å²) in [6, 6.07) is 11.3. The number of rotatable bonds is 4. The lowest BCUT2D eigenvalue weighted by molar-refractivity contribution is -0.111. The van der Waals surface area contributed by atoms with Gasteiger partial charge in [-0.3, -0.25) is 4.79 Å². The van der Waals surface area contributed by atoms with E-state index < -0.39 is 5.82 Å². The molecule has 0 aliphatic heterocycles. The summed E-state index contributed by atoms with van der Waals surface area (Å²) >= 11 is 0. The predicted molar refractivity (Wildman–Crippen MR) is 81.5 cm³/mol. The number of amides is 1. The summed E-state index contributed by atoms with van der Waals surface area (Å²) < 4.78 is 18.3. The molecule has 0 saturated heterocycles. The van der Waals surface area contributed by atoms with Crippen LogP contribution in [0.25, 0.3) is 6.08 Å². The number of carbonyl (C=O) groups excluding carboxylic acids is 1. The summed E-state index contributed by atoms with van der Waals surface area (Å²) in [5, 5.41) is 2.57. The van der Waals surface area contributed by atoms with Crippen molar-refractivity contribution in [1.82, 2.24) is 0 Å². The largest absolute Gasteiger partial charge is 0.494 e. The van der Waals surface area contributed by atoms with Crippen molar-refractivity contribution in [3.8, 4) is 5.75 Å². The molecule has 0 bridgehead atoms. The number of carbonyl (C=O) groups is 1. The van der Waals surface area contributed by atoms with Crippen LogP contribution in [0.1, 0.15) is 5.56 Å². The van der Waals surface area contributed by atoms with E-state index >= 15 is 0 Å². The number of anilines is 2. The highest BCUT2D eigenvalue weighted by Crippen LogP contribution is 2.20. The quantitative estimate of drug-likeness (QED) is 0.670. The highest BCUT2D eigenvalue weighted by atomic mass is 19.1. The van der Waals surface area contributed by atoms with E-state index in [0.717, 1.165) is 5.56 Å². The second-order valence-electron chi connectivity index (χ2n) is 4.34. The van der Waals surface area contributed by atoms with Gasteiger partial charge < -0.3 is 15.8 Å². The molecule has 0 heterocycles. The van der Waals surface area contributed by atoms with Gasteiger partial charge >= 0.3 is 0 Å². The minimum absolute atomic E-state index is 0.128. The van der Waals surface area contributed by atoms with Gasteiger partial charge in [0.05, 0.1) is 7.11 Å². The second kappa shape index (κ2) is 6.56. The van der Waals surface area contributed by atoms with Crippen molar-refractivity contribution in [1.29, 1.82) is 0 Å². The molecule has 21 heavy (non-hydrogen) atoms. The minimum Gasteiger partial charge on any atom is -0.494 e. The molecule has 1 amide bonds. The Morgan fingerprint density at radius 3 is 2.76 bits per heavy atom. The third-order valence-corrected chi connectivity index (χ3v) is 2.76. The highest BCUT2D eigenvalue weighted by molar-refractivity contribution is 6.02. The maximum absolute atomic E-state index is 13.5. The van der Waals surface area contributed by atoms with E-state index in [1.165, 1.54) is 25.3 Å². The smallest absolute Gasteiger partial charge is 0.248 e. The topological polar surface area (TPSA) is 64.3 Å². The third-order valence-electron chi connectivity index (χ3n) is 2.76. The van der Waals surface area contributed by atoms with Gasteiger partial charge in [0.25, 0.3) is 0 Å². The molecule has 0 unspecified atom stereocenters. The van der Waals surface area contributed by atoms with Gasteiger partial charge in [0.1, 0.15) is 0 Å². The van der Waals surface area contributed by atoms with E-state index in [0.29, 0.717) is 11.4 Å². The van der Waals surface area contributed by atoms with E-state index in [1.54, 1.807) is 30.3 Å². The zero-order valence-electron chi connectivity index (χ0n) is 11.5. The highest BCUT2D eigenvalue weighted by Gasteiger charge is 2.04. The standard InChI is InChI=1S/C16H15FN2O2/c1-21-15-7-6-13(10-14(15)17)19-16(20)8-5-11-3-2-4-12(18)9-11/h2-10H,18H2,1H3,(H,19,20)/b8-5+. The van der Waals surface area contributed by atoms with Crippen molar-refractivity contribution in [3.63, 3.8) is 0 Å². The molecule has 3 N–H and O–H groups in total. The van der Waals surface area contributed by atoms with Gasteiger partial charge in [-0.1, -0.05) is 12.1 Å². The summed E-state index contributed by atoms with van der Waals surface area (Å²) in [4.78, 5) is 11.8. The number of methoxy groups -OCH3 is 1. The van der Waals surface area contributed by atoms with Crippen LogP contribution in [0.5, 0.6) is 5.75 Å². The first-order valence-corrected chi connectivity index (χ1v) is 6.26. The molecule has 4 nitrogen and oxygen atoms in total. The van der Waals surface area contributed by atoms with Gasteiger partial charge in [-0.05, 0) is 35.9 Å². The zero-order valence-corrected chi connectivity index (χ0v) is 11.5. The Morgan fingerprint density at radius 2 is 2.10 bits per heavy atom. The van der Waals surface area contributed by atoms with Crippen LogP contribution in [-0.2, 0) is 4.79 Å². The monoisotopic (exact) mass is 286 g/mol. The van der Waals surface area contributed by atoms with Gasteiger partial charge in [-0.15, -0.1) is 0 Å². The summed E-state index contributed by atoms with van der Waals surface area (Å²) in [7, 11) is 1.38. The molecular formula is C16H15FN2O2. The molecular weight excluding hydrogens is 271 g/mol. The second-order valence-corrected chi connectivity index (χ2v) is 4.34. The van der Waals surface area contributed by atoms with Crippen LogP contribution in [0.3, 0.4) is 0 Å². The number of nitrogen functional groups attached to an aromatic ring is 1. The lowest BCUT2D eigenvalue weighted by Crippen LogP contribution is -2.08. The summed E-state index contributed by atoms with van der Waals surface area (Å²) in [6.07, 6.45) is 2.99. The Morgan fingerprint density at radius 1 is 1.29 bits per heavy atom. The van der Waals surface area contributed by atoms with Crippen molar-refractivity contribution in [2.24, 2.45) is 0 Å². The molecule has 0 fully saturated rings. The fourth-order valence-corrected chi connectivity index (χ4v) is 1.76. The summed E-state index contributed by atoms with van der Waals surface area (Å²) in [5.74, 6) is -0.764. The van der Waals surface area contributed by atoms with Gasteiger partial charge in [0.2, 0.25) is 5.91 Å². The molecule has 0 saturated carbocycles. The van der Waals surface area contributed by atoms with Crippen LogP contribution < -0.4 is 15.8 Å². The normalized spacial score (nSPS) is 10.6. The summed E-state index contributed by atoms with van der Waals surface area (Å²) in [5.41, 5.74) is 7.43. The molecule has 0 aliphatic carbocycles. The van der Waals surface area contributed by atoms with Gasteiger partial charge in [0, 0.05) is 23.5 Å². The number of hydrogen-bond acceptors (Lipinski definition) is 3. The van der Waals surface area contributed by atoms with Crippen LogP contribution in [0.15, 0.2) is 48.5 Å². The molecule has 0 aromatic heterocycles. The Kier molecular flexibility index (Phi) is 4.56. The molecule has 0 radical (unpaired) electrons. The Hall–Kier alpha value is -2.82. The van der Waals surface area contributed by atoms with Crippen molar-refractivity contribution < 1.29 is 13.9 Å². The number of hydrogen-bond donors (Lipinski definition) is 2. The molecule has 0 spiro atoms. The average molecular weight is 286 g/mol. The van der Waals surface area contributed by atoms with Crippen molar-refractivity contribution in [2.45, 2.75) is 0 Å². The third kappa shape index (κ3) is 4.07. The van der Waals surface area contributed by atoms with Crippen LogP contribution in [0.4, 0.5) is 15.8 Å². The molecule has 2 aromatic rings. The van der Waals surface area contributed by atoms with Crippen molar-refractivity contribution >= 4 is 23.4 Å². The summed E-state index contributed by atoms with van der Waals surface area (Å²) in [6.45, 7) is 0. The average Bonchev–Trinajstić information content (AvgIpc) is 2.45. The number of ether oxygens (including phenoxy) is 1. The van der Waals surface area contributed by atoms with E-state index in [-0.39, 0.29) is 11.7 Å². The minimum atomic E-state index is -0.532. The van der Waals surface area contributed by atoms with Gasteiger partial charge in [0.15, 0.2) is 11.6 Å². The molecule has 5 heteroatoms. The van der Waals surface area contributed by atoms with Gasteiger partial charge in [-0.25, -0.2) is 4.39 Å². The molecule has 0 aliphatic rings. The first-order chi connectivity index (χ1) is 10.1. The molecule has 0 atom stereocenters. The Labute approximate surface area is 122 Å². The van der Waals surface area contributed by atoms with E-state index in [9.17, 15) is 9.18 Å². The Bertz CT molecular complexity index is 684. The fourth-order valence-electron chi connectivity index (χ4n) is 1.76. The van der Waals surface area contributed by atoms with Crippen molar-refractivity contribution in [3.05, 3.63) is 59.9 Å². The lowest BCUT2D eigenvalue weighted by atomic mass is 10.2. The molecule has 2 aromatic carbocycles. The number of halogens is 1. The van der Waals surface area contributed by atoms with E-state index in [2.05, 4.69) is 5.32 Å². The lowest BCUT2D eigenvalue weighted by Gasteiger charge is -2.05. The number of nitrogens with one attached hydrogen (secondary N) is 1. The van der Waals surface area contributed by atoms with E-state index in [4.69, 9.17) is 10.5 Å². The number of benzene rings is 2. The SMILES string of the molecule is COc1ccc(NC(=O)/C=C/c2cccc(N)c2)cc1F. The Balaban J connectivity index is 2.03. The maximum atomic E-state index is 13.5. The molecule has 2 rings (SSSR count). The van der Waals surface area contributed by atoms with Gasteiger partial charge in [-0.2, -0.15) is 0 Å². The van der Waals surface area contributed by atoms with Crippen LogP contribution >= 0.6 is 0 Å².